The van der Waals surface area contributed by atoms with Gasteiger partial charge in [-0.15, -0.1) is 0 Å². The molecule has 0 radical (unpaired) electrons. The predicted molar refractivity (Wildman–Crippen MR) is 270 cm³/mol. The van der Waals surface area contributed by atoms with E-state index < -0.39 is 5.41 Å². The molecular weight excluding hydrogens is 785 g/mol. The van der Waals surface area contributed by atoms with Gasteiger partial charge in [-0.25, -0.2) is 9.97 Å². The van der Waals surface area contributed by atoms with E-state index in [2.05, 4.69) is 231 Å². The van der Waals surface area contributed by atoms with Crippen LogP contribution in [0.1, 0.15) is 22.3 Å². The summed E-state index contributed by atoms with van der Waals surface area (Å²) in [6.07, 6.45) is 0. The number of hydrogen-bond acceptors (Lipinski definition) is 2. The van der Waals surface area contributed by atoms with Gasteiger partial charge in [0.15, 0.2) is 0 Å². The summed E-state index contributed by atoms with van der Waals surface area (Å²) in [5, 5.41) is 8.42. The maximum atomic E-state index is 5.47. The Balaban J connectivity index is 0.953. The lowest BCUT2D eigenvalue weighted by Crippen LogP contribution is -2.25. The van der Waals surface area contributed by atoms with Crippen molar-refractivity contribution >= 4 is 43.2 Å². The lowest BCUT2D eigenvalue weighted by molar-refractivity contribution is 0.794. The quantitative estimate of drug-likeness (QED) is 0.165. The van der Waals surface area contributed by atoms with Gasteiger partial charge in [0.2, 0.25) is 0 Å². The van der Waals surface area contributed by atoms with E-state index in [0.29, 0.717) is 0 Å². The van der Waals surface area contributed by atoms with Gasteiger partial charge in [0.05, 0.1) is 28.0 Å². The standard InChI is InChI=1S/C63H38N2/c1-3-15-43-35-45(31-27-39(43)13-1)58-37-47(38-59(64-58)46-32-28-40-14-2-4-16-44(40)36-46)41-25-29-42(30-26-41)62-52-33-34-56-61(60(52)51-20-8-12-24-57(51)65-62)50-19-7-11-23-55(50)63(56)53-21-9-5-17-48(53)49-18-6-10-22-54(49)63/h1-38H. The Hall–Kier alpha value is -8.46. The zero-order valence-electron chi connectivity index (χ0n) is 35.3. The van der Waals surface area contributed by atoms with Crippen molar-refractivity contribution in [3.63, 3.8) is 0 Å². The van der Waals surface area contributed by atoms with E-state index in [0.717, 1.165) is 55.8 Å². The predicted octanol–water partition coefficient (Wildman–Crippen LogP) is 16.1. The molecule has 1 spiro atoms. The summed E-state index contributed by atoms with van der Waals surface area (Å²) in [5.41, 5.74) is 19.6. The van der Waals surface area contributed by atoms with Crippen LogP contribution in [0.2, 0.25) is 0 Å². The van der Waals surface area contributed by atoms with Crippen LogP contribution in [0.3, 0.4) is 0 Å². The van der Waals surface area contributed by atoms with Crippen molar-refractivity contribution in [1.82, 2.24) is 9.97 Å². The Bertz CT molecular complexity index is 3810. The third-order valence-corrected chi connectivity index (χ3v) is 14.2. The Morgan fingerprint density at radius 2 is 0.785 bits per heavy atom. The van der Waals surface area contributed by atoms with E-state index >= 15 is 0 Å². The first-order valence-electron chi connectivity index (χ1n) is 22.5. The molecule has 0 bridgehead atoms. The summed E-state index contributed by atoms with van der Waals surface area (Å²) < 4.78 is 0. The molecule has 65 heavy (non-hydrogen) atoms. The normalized spacial score (nSPS) is 13.0. The highest BCUT2D eigenvalue weighted by Crippen LogP contribution is 2.64. The molecule has 0 atom stereocenters. The molecule has 0 aliphatic heterocycles. The average molecular weight is 823 g/mol. The molecule has 0 unspecified atom stereocenters. The summed E-state index contributed by atoms with van der Waals surface area (Å²) >= 11 is 0. The second-order valence-electron chi connectivity index (χ2n) is 17.6. The average Bonchev–Trinajstić information content (AvgIpc) is 3.85. The third-order valence-electron chi connectivity index (χ3n) is 14.2. The van der Waals surface area contributed by atoms with Crippen molar-refractivity contribution in [1.29, 1.82) is 0 Å². The van der Waals surface area contributed by atoms with Crippen LogP contribution in [0.5, 0.6) is 0 Å². The number of fused-ring (bicyclic) bond motifs is 16. The molecule has 0 fully saturated rings. The van der Waals surface area contributed by atoms with Gasteiger partial charge in [-0.1, -0.05) is 200 Å². The Labute approximate surface area is 376 Å². The highest BCUT2D eigenvalue weighted by atomic mass is 14.7. The first-order valence-corrected chi connectivity index (χ1v) is 22.5. The van der Waals surface area contributed by atoms with Crippen LogP contribution in [0.4, 0.5) is 0 Å². The second kappa shape index (κ2) is 13.8. The van der Waals surface area contributed by atoms with Gasteiger partial charge in [-0.05, 0) is 108 Å². The van der Waals surface area contributed by atoms with Crippen molar-refractivity contribution in [2.45, 2.75) is 5.41 Å². The van der Waals surface area contributed by atoms with Gasteiger partial charge in [0.25, 0.3) is 0 Å². The monoisotopic (exact) mass is 822 g/mol. The molecule has 0 N–H and O–H groups in total. The lowest BCUT2D eigenvalue weighted by Gasteiger charge is -2.30. The SMILES string of the molecule is c1ccc2c(c1)-c1ccccc1C21c2ccccc2-c2c1ccc1c(-c3ccc(-c4cc(-c5ccc6ccccc6c5)nc(-c5ccc6ccccc6c5)c4)cc3)nc3ccccc3c21. The molecule has 12 aromatic rings. The molecule has 14 rings (SSSR count). The van der Waals surface area contributed by atoms with Crippen LogP contribution in [-0.4, -0.2) is 9.97 Å². The highest BCUT2D eigenvalue weighted by molar-refractivity contribution is 6.20. The summed E-state index contributed by atoms with van der Waals surface area (Å²) in [6, 6.07) is 84.5. The number of hydrogen-bond donors (Lipinski definition) is 0. The minimum Gasteiger partial charge on any atom is -0.248 e. The molecular formula is C63H38N2. The van der Waals surface area contributed by atoms with Crippen molar-refractivity contribution in [3.8, 4) is 67.2 Å². The molecule has 0 saturated carbocycles. The second-order valence-corrected chi connectivity index (χ2v) is 17.6. The van der Waals surface area contributed by atoms with Gasteiger partial charge < -0.3 is 0 Å². The van der Waals surface area contributed by atoms with Gasteiger partial charge in [0.1, 0.15) is 0 Å². The topological polar surface area (TPSA) is 25.8 Å². The smallest absolute Gasteiger partial charge is 0.0788 e. The fourth-order valence-corrected chi connectivity index (χ4v) is 11.4. The molecule has 2 heteroatoms. The first-order chi connectivity index (χ1) is 32.2. The van der Waals surface area contributed by atoms with Crippen molar-refractivity contribution in [2.24, 2.45) is 0 Å². The van der Waals surface area contributed by atoms with Crippen LogP contribution in [0.25, 0.3) is 110 Å². The first kappa shape index (κ1) is 36.1. The molecule has 2 nitrogen and oxygen atoms in total. The highest BCUT2D eigenvalue weighted by Gasteiger charge is 2.52. The van der Waals surface area contributed by atoms with Crippen LogP contribution < -0.4 is 0 Å². The lowest BCUT2D eigenvalue weighted by atomic mass is 9.70. The fraction of sp³-hybridized carbons (Fsp3) is 0.0159. The van der Waals surface area contributed by atoms with E-state index in [9.17, 15) is 0 Å². The van der Waals surface area contributed by atoms with Crippen LogP contribution >= 0.6 is 0 Å². The number of aromatic nitrogens is 2. The van der Waals surface area contributed by atoms with Crippen molar-refractivity contribution < 1.29 is 0 Å². The summed E-state index contributed by atoms with van der Waals surface area (Å²) in [7, 11) is 0. The third kappa shape index (κ3) is 5.23. The fourth-order valence-electron chi connectivity index (χ4n) is 11.4. The Morgan fingerprint density at radius 3 is 1.42 bits per heavy atom. The molecule has 300 valence electrons. The maximum absolute atomic E-state index is 5.47. The van der Waals surface area contributed by atoms with Gasteiger partial charge >= 0.3 is 0 Å². The molecule has 2 heterocycles. The molecule has 2 aliphatic rings. The molecule has 0 amide bonds. The van der Waals surface area contributed by atoms with Gasteiger partial charge in [-0.3, -0.25) is 0 Å². The molecule has 2 aliphatic carbocycles. The largest absolute Gasteiger partial charge is 0.248 e. The minimum atomic E-state index is -0.415. The van der Waals surface area contributed by atoms with E-state index in [1.165, 1.54) is 76.8 Å². The van der Waals surface area contributed by atoms with Crippen LogP contribution in [0, 0.1) is 0 Å². The molecule has 0 saturated heterocycles. The number of rotatable bonds is 4. The minimum absolute atomic E-state index is 0.415. The number of pyridine rings is 2. The Morgan fingerprint density at radius 1 is 0.292 bits per heavy atom. The maximum Gasteiger partial charge on any atom is 0.0788 e. The molecule has 2 aromatic heterocycles. The summed E-state index contributed by atoms with van der Waals surface area (Å²) in [5.74, 6) is 0. The van der Waals surface area contributed by atoms with Crippen molar-refractivity contribution in [3.05, 3.63) is 253 Å². The zero-order chi connectivity index (χ0) is 42.6. The van der Waals surface area contributed by atoms with Crippen LogP contribution in [0.15, 0.2) is 231 Å². The van der Waals surface area contributed by atoms with Crippen molar-refractivity contribution in [2.75, 3.05) is 0 Å². The number of para-hydroxylation sites is 1. The van der Waals surface area contributed by atoms with E-state index in [-0.39, 0.29) is 0 Å². The van der Waals surface area contributed by atoms with E-state index in [1.807, 2.05) is 0 Å². The van der Waals surface area contributed by atoms with E-state index in [4.69, 9.17) is 9.97 Å². The van der Waals surface area contributed by atoms with Gasteiger partial charge in [0, 0.05) is 32.8 Å². The Kier molecular flexibility index (Phi) is 7.64. The number of nitrogens with zero attached hydrogens (tertiary/aromatic N) is 2. The number of benzene rings is 10. The molecule has 10 aromatic carbocycles. The van der Waals surface area contributed by atoms with Gasteiger partial charge in [-0.2, -0.15) is 0 Å². The summed E-state index contributed by atoms with van der Waals surface area (Å²) in [6.45, 7) is 0. The zero-order valence-corrected chi connectivity index (χ0v) is 35.3. The van der Waals surface area contributed by atoms with E-state index in [1.54, 1.807) is 0 Å². The summed E-state index contributed by atoms with van der Waals surface area (Å²) in [4.78, 5) is 10.8. The van der Waals surface area contributed by atoms with Crippen LogP contribution in [-0.2, 0) is 5.41 Å².